The molecule has 1 saturated carbocycles. The van der Waals surface area contributed by atoms with Crippen LogP contribution in [0.25, 0.3) is 0 Å². The minimum atomic E-state index is -0.989. The van der Waals surface area contributed by atoms with Gasteiger partial charge in [-0.05, 0) is 55.4 Å². The molecular weight excluding hydrogens is 420 g/mol. The summed E-state index contributed by atoms with van der Waals surface area (Å²) in [5.74, 6) is -0.947. The van der Waals surface area contributed by atoms with E-state index < -0.39 is 12.0 Å². The molecule has 1 atom stereocenters. The first-order valence-electron chi connectivity index (χ1n) is 11.5. The number of aliphatic carboxylic acids is 1. The third-order valence-electron chi connectivity index (χ3n) is 5.80. The number of rotatable bonds is 12. The fourth-order valence-corrected chi connectivity index (χ4v) is 4.01. The van der Waals surface area contributed by atoms with Gasteiger partial charge in [-0.3, -0.25) is 14.4 Å². The molecule has 3 rings (SSSR count). The summed E-state index contributed by atoms with van der Waals surface area (Å²) in [6, 6.07) is 12.4. The summed E-state index contributed by atoms with van der Waals surface area (Å²) in [6.07, 6.45) is 3.85. The Labute approximate surface area is 194 Å². The molecule has 2 aromatic rings. The SMILES string of the molecule is CCc1ccccc1[C@@H](CC(=O)O)NC(=O)CN(C(=O)CCCc1cccc(N)n1)C1CC1. The van der Waals surface area contributed by atoms with Crippen LogP contribution < -0.4 is 11.1 Å². The minimum Gasteiger partial charge on any atom is -0.481 e. The Morgan fingerprint density at radius 1 is 1.18 bits per heavy atom. The smallest absolute Gasteiger partial charge is 0.305 e. The molecule has 0 spiro atoms. The number of pyridine rings is 1. The number of nitrogens with zero attached hydrogens (tertiary/aromatic N) is 2. The first-order chi connectivity index (χ1) is 15.9. The Morgan fingerprint density at radius 2 is 1.94 bits per heavy atom. The van der Waals surface area contributed by atoms with Crippen molar-refractivity contribution in [1.29, 1.82) is 0 Å². The molecule has 1 aliphatic rings. The first kappa shape index (κ1) is 24.2. The number of carbonyl (C=O) groups is 3. The number of nitrogens with one attached hydrogen (secondary N) is 1. The van der Waals surface area contributed by atoms with Crippen LogP contribution in [-0.2, 0) is 27.2 Å². The maximum atomic E-state index is 12.9. The third-order valence-corrected chi connectivity index (χ3v) is 5.80. The van der Waals surface area contributed by atoms with Crippen LogP contribution in [0.3, 0.4) is 0 Å². The standard InChI is InChI=1S/C25H32N4O4/c1-2-17-7-3-4-10-20(17)21(15-25(32)33)28-23(30)16-29(19-13-14-19)24(31)12-6-9-18-8-5-11-22(26)27-18/h3-5,7-8,10-11,19,21H,2,6,9,12-16H2,1H3,(H2,26,27)(H,28,30)(H,32,33)/t21-/m1/s1. The first-order valence-corrected chi connectivity index (χ1v) is 11.5. The number of carbonyl (C=O) groups excluding carboxylic acids is 2. The largest absolute Gasteiger partial charge is 0.481 e. The summed E-state index contributed by atoms with van der Waals surface area (Å²) in [5, 5.41) is 12.2. The van der Waals surface area contributed by atoms with E-state index in [1.807, 2.05) is 43.3 Å². The monoisotopic (exact) mass is 452 g/mol. The Hall–Kier alpha value is -3.42. The van der Waals surface area contributed by atoms with Gasteiger partial charge >= 0.3 is 5.97 Å². The van der Waals surface area contributed by atoms with Crippen LogP contribution in [0.15, 0.2) is 42.5 Å². The summed E-state index contributed by atoms with van der Waals surface area (Å²) < 4.78 is 0. The lowest BCUT2D eigenvalue weighted by atomic mass is 9.96. The summed E-state index contributed by atoms with van der Waals surface area (Å²) in [6.45, 7) is 1.93. The molecule has 1 aromatic carbocycles. The minimum absolute atomic E-state index is 0.0650. The fraction of sp³-hybridized carbons (Fsp3) is 0.440. The average molecular weight is 453 g/mol. The van der Waals surface area contributed by atoms with Crippen molar-refractivity contribution < 1.29 is 19.5 Å². The highest BCUT2D eigenvalue weighted by atomic mass is 16.4. The van der Waals surface area contributed by atoms with Gasteiger partial charge in [0.1, 0.15) is 5.82 Å². The summed E-state index contributed by atoms with van der Waals surface area (Å²) in [4.78, 5) is 43.0. The zero-order chi connectivity index (χ0) is 23.8. The van der Waals surface area contributed by atoms with Crippen molar-refractivity contribution in [3.05, 3.63) is 59.3 Å². The quantitative estimate of drug-likeness (QED) is 0.455. The van der Waals surface area contributed by atoms with Gasteiger partial charge in [0.25, 0.3) is 0 Å². The van der Waals surface area contributed by atoms with Crippen molar-refractivity contribution in [3.8, 4) is 0 Å². The number of nitrogens with two attached hydrogens (primary N) is 1. The molecule has 2 amide bonds. The highest BCUT2D eigenvalue weighted by Crippen LogP contribution is 2.28. The van der Waals surface area contributed by atoms with Crippen LogP contribution in [-0.4, -0.2) is 45.4 Å². The number of nitrogen functional groups attached to an aromatic ring is 1. The normalized spacial score (nSPS) is 13.8. The number of benzene rings is 1. The lowest BCUT2D eigenvalue weighted by molar-refractivity contribution is -0.139. The topological polar surface area (TPSA) is 126 Å². The molecule has 8 heteroatoms. The van der Waals surface area contributed by atoms with E-state index in [0.717, 1.165) is 36.1 Å². The van der Waals surface area contributed by atoms with Gasteiger partial charge < -0.3 is 21.1 Å². The summed E-state index contributed by atoms with van der Waals surface area (Å²) in [7, 11) is 0. The number of hydrogen-bond acceptors (Lipinski definition) is 5. The molecule has 1 aromatic heterocycles. The van der Waals surface area contributed by atoms with Crippen molar-refractivity contribution in [2.45, 2.75) is 64.0 Å². The molecule has 176 valence electrons. The number of aromatic nitrogens is 1. The number of carboxylic acid groups (broad SMARTS) is 1. The van der Waals surface area contributed by atoms with Crippen molar-refractivity contribution >= 4 is 23.6 Å². The second-order valence-corrected chi connectivity index (χ2v) is 8.43. The van der Waals surface area contributed by atoms with Crippen LogP contribution in [0.5, 0.6) is 0 Å². The summed E-state index contributed by atoms with van der Waals surface area (Å²) in [5.41, 5.74) is 8.34. The van der Waals surface area contributed by atoms with Gasteiger partial charge in [-0.25, -0.2) is 4.98 Å². The molecule has 1 aliphatic carbocycles. The number of anilines is 1. The molecule has 8 nitrogen and oxygen atoms in total. The Balaban J connectivity index is 1.60. The lowest BCUT2D eigenvalue weighted by Gasteiger charge is -2.25. The molecule has 0 unspecified atom stereocenters. The van der Waals surface area contributed by atoms with E-state index >= 15 is 0 Å². The molecule has 0 radical (unpaired) electrons. The fourth-order valence-electron chi connectivity index (χ4n) is 4.01. The number of aryl methyl sites for hydroxylation is 2. The van der Waals surface area contributed by atoms with Crippen LogP contribution in [0.2, 0.25) is 0 Å². The van der Waals surface area contributed by atoms with Crippen LogP contribution in [0, 0.1) is 0 Å². The molecular formula is C25H32N4O4. The molecule has 1 fully saturated rings. The van der Waals surface area contributed by atoms with Gasteiger partial charge in [-0.1, -0.05) is 37.3 Å². The van der Waals surface area contributed by atoms with Gasteiger partial charge in [0.15, 0.2) is 0 Å². The Morgan fingerprint density at radius 3 is 2.61 bits per heavy atom. The van der Waals surface area contributed by atoms with E-state index in [0.29, 0.717) is 25.1 Å². The number of amides is 2. The Bertz CT molecular complexity index is 990. The van der Waals surface area contributed by atoms with E-state index in [9.17, 15) is 19.5 Å². The average Bonchev–Trinajstić information content (AvgIpc) is 3.62. The van der Waals surface area contributed by atoms with Gasteiger partial charge in [0, 0.05) is 18.2 Å². The third kappa shape index (κ3) is 7.30. The van der Waals surface area contributed by atoms with Crippen molar-refractivity contribution in [2.75, 3.05) is 12.3 Å². The van der Waals surface area contributed by atoms with Crippen LogP contribution in [0.1, 0.15) is 61.9 Å². The zero-order valence-corrected chi connectivity index (χ0v) is 19.0. The maximum absolute atomic E-state index is 12.9. The highest BCUT2D eigenvalue weighted by Gasteiger charge is 2.34. The van der Waals surface area contributed by atoms with Gasteiger partial charge in [0.2, 0.25) is 11.8 Å². The van der Waals surface area contributed by atoms with Crippen LogP contribution in [0.4, 0.5) is 5.82 Å². The predicted molar refractivity (Wildman–Crippen MR) is 125 cm³/mol. The lowest BCUT2D eigenvalue weighted by Crippen LogP contribution is -2.43. The molecule has 0 bridgehead atoms. The van der Waals surface area contributed by atoms with Crippen molar-refractivity contribution in [3.63, 3.8) is 0 Å². The second-order valence-electron chi connectivity index (χ2n) is 8.43. The number of hydrogen-bond donors (Lipinski definition) is 3. The van der Waals surface area contributed by atoms with E-state index in [-0.39, 0.29) is 30.8 Å². The molecule has 0 aliphatic heterocycles. The van der Waals surface area contributed by atoms with Crippen LogP contribution >= 0.6 is 0 Å². The number of carboxylic acids is 1. The second kappa shape index (κ2) is 11.4. The van der Waals surface area contributed by atoms with E-state index in [2.05, 4.69) is 10.3 Å². The molecule has 33 heavy (non-hydrogen) atoms. The molecule has 4 N–H and O–H groups in total. The zero-order valence-electron chi connectivity index (χ0n) is 19.0. The van der Waals surface area contributed by atoms with Gasteiger partial charge in [0.05, 0.1) is 19.0 Å². The van der Waals surface area contributed by atoms with Crippen molar-refractivity contribution in [1.82, 2.24) is 15.2 Å². The van der Waals surface area contributed by atoms with Gasteiger partial charge in [-0.2, -0.15) is 0 Å². The van der Waals surface area contributed by atoms with E-state index in [4.69, 9.17) is 5.73 Å². The van der Waals surface area contributed by atoms with Gasteiger partial charge in [-0.15, -0.1) is 0 Å². The molecule has 1 heterocycles. The predicted octanol–water partition coefficient (Wildman–Crippen LogP) is 2.87. The highest BCUT2D eigenvalue weighted by molar-refractivity contribution is 5.86. The Kier molecular flexibility index (Phi) is 8.40. The molecule has 0 saturated heterocycles. The van der Waals surface area contributed by atoms with E-state index in [1.165, 1.54) is 0 Å². The summed E-state index contributed by atoms with van der Waals surface area (Å²) >= 11 is 0. The van der Waals surface area contributed by atoms with Crippen molar-refractivity contribution in [2.24, 2.45) is 0 Å². The van der Waals surface area contributed by atoms with E-state index in [1.54, 1.807) is 11.0 Å². The maximum Gasteiger partial charge on any atom is 0.305 e.